The van der Waals surface area contributed by atoms with E-state index >= 15 is 0 Å². The summed E-state index contributed by atoms with van der Waals surface area (Å²) in [6.07, 6.45) is 1.64. The fraction of sp³-hybridized carbons (Fsp3) is 0.316. The Morgan fingerprint density at radius 2 is 1.86 bits per heavy atom. The number of rotatable bonds is 7. The Kier molecular flexibility index (Phi) is 5.85. The molecule has 3 heteroatoms. The number of nitrogens with zero attached hydrogens (tertiary/aromatic N) is 1. The van der Waals surface area contributed by atoms with Gasteiger partial charge in [0.15, 0.2) is 0 Å². The van der Waals surface area contributed by atoms with Crippen LogP contribution in [0.25, 0.3) is 0 Å². The summed E-state index contributed by atoms with van der Waals surface area (Å²) < 4.78 is 11.0. The minimum atomic E-state index is -0.190. The molecule has 0 saturated carbocycles. The first kappa shape index (κ1) is 15.9. The molecule has 1 unspecified atom stereocenters. The van der Waals surface area contributed by atoms with Gasteiger partial charge in [0.1, 0.15) is 11.5 Å². The first-order valence-electron chi connectivity index (χ1n) is 7.52. The molecule has 0 aliphatic rings. The summed E-state index contributed by atoms with van der Waals surface area (Å²) in [6, 6.07) is 18.1. The van der Waals surface area contributed by atoms with E-state index in [0.717, 1.165) is 23.5 Å². The summed E-state index contributed by atoms with van der Waals surface area (Å²) in [5.74, 6) is 1.44. The van der Waals surface area contributed by atoms with Gasteiger partial charge in [-0.25, -0.2) is 0 Å². The molecule has 1 atom stereocenters. The van der Waals surface area contributed by atoms with E-state index in [4.69, 9.17) is 9.47 Å². The molecule has 0 aromatic heterocycles. The molecular weight excluding hydrogens is 274 g/mol. The molecule has 0 bridgehead atoms. The topological polar surface area (TPSA) is 42.2 Å². The normalized spacial score (nSPS) is 11.5. The summed E-state index contributed by atoms with van der Waals surface area (Å²) in [6.45, 7) is 2.64. The third kappa shape index (κ3) is 4.26. The molecule has 0 spiro atoms. The van der Waals surface area contributed by atoms with Crippen LogP contribution in [0, 0.1) is 11.3 Å². The van der Waals surface area contributed by atoms with Crippen molar-refractivity contribution in [2.24, 2.45) is 0 Å². The number of benzene rings is 2. The van der Waals surface area contributed by atoms with Crippen molar-refractivity contribution in [3.05, 3.63) is 59.7 Å². The number of hydrogen-bond acceptors (Lipinski definition) is 3. The Labute approximate surface area is 132 Å². The summed E-state index contributed by atoms with van der Waals surface area (Å²) in [5.41, 5.74) is 2.22. The Bertz CT molecular complexity index is 646. The molecule has 3 nitrogen and oxygen atoms in total. The van der Waals surface area contributed by atoms with Crippen LogP contribution in [0.5, 0.6) is 11.5 Å². The van der Waals surface area contributed by atoms with Crippen LogP contribution < -0.4 is 9.47 Å². The van der Waals surface area contributed by atoms with Crippen molar-refractivity contribution < 1.29 is 9.47 Å². The maximum Gasteiger partial charge on any atom is 0.119 e. The van der Waals surface area contributed by atoms with Crippen molar-refractivity contribution >= 4 is 0 Å². The summed E-state index contributed by atoms with van der Waals surface area (Å²) in [7, 11) is 1.63. The Balaban J connectivity index is 1.95. The lowest BCUT2D eigenvalue weighted by Crippen LogP contribution is -2.05. The fourth-order valence-electron chi connectivity index (χ4n) is 2.31. The lowest BCUT2D eigenvalue weighted by Gasteiger charge is -2.12. The highest BCUT2D eigenvalue weighted by Crippen LogP contribution is 2.23. The van der Waals surface area contributed by atoms with Crippen molar-refractivity contribution in [3.63, 3.8) is 0 Å². The molecule has 0 radical (unpaired) electrons. The van der Waals surface area contributed by atoms with Crippen molar-refractivity contribution in [2.45, 2.75) is 25.7 Å². The van der Waals surface area contributed by atoms with Crippen LogP contribution in [0.1, 0.15) is 30.4 Å². The summed E-state index contributed by atoms with van der Waals surface area (Å²) in [4.78, 5) is 0. The highest BCUT2D eigenvalue weighted by atomic mass is 16.5. The quantitative estimate of drug-likeness (QED) is 0.763. The first-order chi connectivity index (χ1) is 10.8. The SMILES string of the molecule is CCc1cccc(OCCC(C#N)c2cccc(OC)c2)c1. The third-order valence-electron chi connectivity index (χ3n) is 3.63. The predicted octanol–water partition coefficient (Wildman–Crippen LogP) is 4.33. The number of methoxy groups -OCH3 is 1. The van der Waals surface area contributed by atoms with E-state index in [1.54, 1.807) is 7.11 Å². The average Bonchev–Trinajstić information content (AvgIpc) is 2.59. The van der Waals surface area contributed by atoms with Crippen LogP contribution in [-0.2, 0) is 6.42 Å². The lowest BCUT2D eigenvalue weighted by atomic mass is 9.97. The Morgan fingerprint density at radius 1 is 1.09 bits per heavy atom. The monoisotopic (exact) mass is 295 g/mol. The molecule has 114 valence electrons. The van der Waals surface area contributed by atoms with Gasteiger partial charge in [0.25, 0.3) is 0 Å². The minimum Gasteiger partial charge on any atom is -0.497 e. The van der Waals surface area contributed by atoms with E-state index in [-0.39, 0.29) is 5.92 Å². The van der Waals surface area contributed by atoms with E-state index in [9.17, 15) is 5.26 Å². The Morgan fingerprint density at radius 3 is 2.59 bits per heavy atom. The smallest absolute Gasteiger partial charge is 0.119 e. The molecule has 2 rings (SSSR count). The molecular formula is C19H21NO2. The van der Waals surface area contributed by atoms with Crippen molar-refractivity contribution in [1.29, 1.82) is 5.26 Å². The molecule has 0 aliphatic carbocycles. The molecule has 0 N–H and O–H groups in total. The number of ether oxygens (including phenoxy) is 2. The van der Waals surface area contributed by atoms with E-state index in [0.29, 0.717) is 13.0 Å². The highest BCUT2D eigenvalue weighted by Gasteiger charge is 2.11. The second-order valence-electron chi connectivity index (χ2n) is 5.10. The number of nitriles is 1. The largest absolute Gasteiger partial charge is 0.497 e. The maximum atomic E-state index is 9.38. The first-order valence-corrected chi connectivity index (χ1v) is 7.52. The van der Waals surface area contributed by atoms with Gasteiger partial charge in [-0.05, 0) is 41.8 Å². The van der Waals surface area contributed by atoms with Gasteiger partial charge in [-0.3, -0.25) is 0 Å². The van der Waals surface area contributed by atoms with E-state index < -0.39 is 0 Å². The highest BCUT2D eigenvalue weighted by molar-refractivity contribution is 5.33. The Hall–Kier alpha value is -2.47. The predicted molar refractivity (Wildman–Crippen MR) is 87.3 cm³/mol. The van der Waals surface area contributed by atoms with Crippen LogP contribution in [0.15, 0.2) is 48.5 Å². The van der Waals surface area contributed by atoms with Crippen molar-refractivity contribution in [3.8, 4) is 17.6 Å². The van der Waals surface area contributed by atoms with Crippen LogP contribution >= 0.6 is 0 Å². The maximum absolute atomic E-state index is 9.38. The summed E-state index contributed by atoms with van der Waals surface area (Å²) >= 11 is 0. The van der Waals surface area contributed by atoms with Crippen molar-refractivity contribution in [1.82, 2.24) is 0 Å². The second-order valence-corrected chi connectivity index (χ2v) is 5.10. The molecule has 2 aromatic carbocycles. The summed E-state index contributed by atoms with van der Waals surface area (Å²) in [5, 5.41) is 9.38. The molecule has 0 aliphatic heterocycles. The minimum absolute atomic E-state index is 0.190. The fourth-order valence-corrected chi connectivity index (χ4v) is 2.31. The third-order valence-corrected chi connectivity index (χ3v) is 3.63. The van der Waals surface area contributed by atoms with Gasteiger partial charge in [-0.15, -0.1) is 0 Å². The molecule has 0 amide bonds. The van der Waals surface area contributed by atoms with E-state index in [2.05, 4.69) is 19.1 Å². The van der Waals surface area contributed by atoms with E-state index in [1.807, 2.05) is 42.5 Å². The molecule has 0 fully saturated rings. The van der Waals surface area contributed by atoms with Crippen LogP contribution in [0.4, 0.5) is 0 Å². The van der Waals surface area contributed by atoms with Gasteiger partial charge < -0.3 is 9.47 Å². The van der Waals surface area contributed by atoms with Gasteiger partial charge in [0.05, 0.1) is 25.7 Å². The molecule has 22 heavy (non-hydrogen) atoms. The number of aryl methyl sites for hydroxylation is 1. The molecule has 0 heterocycles. The standard InChI is InChI=1S/C19H21NO2/c1-3-15-6-4-9-19(12-15)22-11-10-17(14-20)16-7-5-8-18(13-16)21-2/h4-9,12-13,17H,3,10-11H2,1-2H3. The zero-order chi connectivity index (χ0) is 15.8. The van der Waals surface area contributed by atoms with Gasteiger partial charge in [0, 0.05) is 6.42 Å². The van der Waals surface area contributed by atoms with Gasteiger partial charge >= 0.3 is 0 Å². The second kappa shape index (κ2) is 8.09. The average molecular weight is 295 g/mol. The lowest BCUT2D eigenvalue weighted by molar-refractivity contribution is 0.305. The zero-order valence-corrected chi connectivity index (χ0v) is 13.1. The van der Waals surface area contributed by atoms with Crippen molar-refractivity contribution in [2.75, 3.05) is 13.7 Å². The number of hydrogen-bond donors (Lipinski definition) is 0. The van der Waals surface area contributed by atoms with Crippen LogP contribution in [0.2, 0.25) is 0 Å². The van der Waals surface area contributed by atoms with Gasteiger partial charge in [-0.2, -0.15) is 5.26 Å². The zero-order valence-electron chi connectivity index (χ0n) is 13.1. The van der Waals surface area contributed by atoms with Gasteiger partial charge in [0.2, 0.25) is 0 Å². The van der Waals surface area contributed by atoms with E-state index in [1.165, 1.54) is 5.56 Å². The molecule has 0 saturated heterocycles. The van der Waals surface area contributed by atoms with Gasteiger partial charge in [-0.1, -0.05) is 31.2 Å². The van der Waals surface area contributed by atoms with Crippen LogP contribution in [-0.4, -0.2) is 13.7 Å². The molecule has 2 aromatic rings. The van der Waals surface area contributed by atoms with Crippen LogP contribution in [0.3, 0.4) is 0 Å².